The zero-order valence-corrected chi connectivity index (χ0v) is 11.2. The van der Waals surface area contributed by atoms with E-state index in [1.54, 1.807) is 6.92 Å². The molecule has 1 aromatic rings. The van der Waals surface area contributed by atoms with Gasteiger partial charge < -0.3 is 15.2 Å². The highest BCUT2D eigenvalue weighted by atomic mass is 16.5. The third kappa shape index (κ3) is 4.68. The van der Waals surface area contributed by atoms with Gasteiger partial charge in [0.15, 0.2) is 0 Å². The first-order chi connectivity index (χ1) is 8.81. The Morgan fingerprint density at radius 2 is 2.11 bits per heavy atom. The van der Waals surface area contributed by atoms with E-state index < -0.39 is 0 Å². The molecule has 0 bridgehead atoms. The molecule has 0 atom stereocenters. The predicted molar refractivity (Wildman–Crippen MR) is 73.9 cm³/mol. The van der Waals surface area contributed by atoms with Gasteiger partial charge in [0.25, 0.3) is 0 Å². The summed E-state index contributed by atoms with van der Waals surface area (Å²) in [6, 6.07) is 5.88. The minimum absolute atomic E-state index is 0.394. The topological polar surface area (TPSA) is 44.5 Å². The van der Waals surface area contributed by atoms with Crippen LogP contribution in [0.15, 0.2) is 18.2 Å². The summed E-state index contributed by atoms with van der Waals surface area (Å²) in [4.78, 5) is 0. The summed E-state index contributed by atoms with van der Waals surface area (Å²) in [5, 5.41) is 0. The van der Waals surface area contributed by atoms with E-state index in [2.05, 4.69) is 18.8 Å². The lowest BCUT2D eigenvalue weighted by atomic mass is 10.1. The summed E-state index contributed by atoms with van der Waals surface area (Å²) in [6.07, 6.45) is 1.78. The van der Waals surface area contributed by atoms with Gasteiger partial charge in [-0.25, -0.2) is 0 Å². The van der Waals surface area contributed by atoms with Gasteiger partial charge in [-0.05, 0) is 37.9 Å². The second kappa shape index (κ2) is 8.43. The van der Waals surface area contributed by atoms with E-state index in [1.807, 2.05) is 18.2 Å². The second-order valence-electron chi connectivity index (χ2n) is 3.87. The monoisotopic (exact) mass is 247 g/mol. The van der Waals surface area contributed by atoms with Crippen molar-refractivity contribution in [3.05, 3.63) is 23.8 Å². The van der Waals surface area contributed by atoms with Crippen molar-refractivity contribution in [1.82, 2.24) is 0 Å². The van der Waals surface area contributed by atoms with Crippen LogP contribution in [0.25, 0.3) is 0 Å². The molecule has 18 heavy (non-hydrogen) atoms. The van der Waals surface area contributed by atoms with Gasteiger partial charge in [-0.2, -0.15) is 0 Å². The summed E-state index contributed by atoms with van der Waals surface area (Å²) in [5.74, 6) is 7.34. The van der Waals surface area contributed by atoms with Gasteiger partial charge in [0.2, 0.25) is 0 Å². The fraction of sp³-hybridized carbons (Fsp3) is 0.467. The standard InChI is InChI=1S/C15H21NO2/c1-3-5-11-18-15-12-14(17-10-4-2)7-6-13(15)8-9-16/h6-7,12H,4,8-11,16H2,1-2H3. The van der Waals surface area contributed by atoms with Gasteiger partial charge in [-0.15, -0.1) is 5.92 Å². The first-order valence-corrected chi connectivity index (χ1v) is 6.30. The molecular weight excluding hydrogens is 226 g/mol. The molecule has 1 rings (SSSR count). The first-order valence-electron chi connectivity index (χ1n) is 6.30. The molecule has 0 radical (unpaired) electrons. The molecule has 0 spiro atoms. The third-order valence-electron chi connectivity index (χ3n) is 2.40. The summed E-state index contributed by atoms with van der Waals surface area (Å²) in [7, 11) is 0. The molecule has 0 fully saturated rings. The molecule has 0 aliphatic carbocycles. The van der Waals surface area contributed by atoms with Crippen LogP contribution in [0.2, 0.25) is 0 Å². The summed E-state index contributed by atoms with van der Waals surface area (Å²) < 4.78 is 11.2. The zero-order valence-electron chi connectivity index (χ0n) is 11.2. The molecule has 0 saturated carbocycles. The molecule has 98 valence electrons. The Kier molecular flexibility index (Phi) is 6.75. The lowest BCUT2D eigenvalue weighted by Gasteiger charge is -2.12. The smallest absolute Gasteiger partial charge is 0.149 e. The van der Waals surface area contributed by atoms with Crippen molar-refractivity contribution >= 4 is 0 Å². The van der Waals surface area contributed by atoms with Crippen molar-refractivity contribution in [2.75, 3.05) is 19.8 Å². The number of benzene rings is 1. The number of hydrogen-bond acceptors (Lipinski definition) is 3. The Bertz CT molecular complexity index is 418. The van der Waals surface area contributed by atoms with Crippen LogP contribution in [0.3, 0.4) is 0 Å². The van der Waals surface area contributed by atoms with Crippen molar-refractivity contribution in [1.29, 1.82) is 0 Å². The van der Waals surface area contributed by atoms with E-state index in [1.165, 1.54) is 0 Å². The lowest BCUT2D eigenvalue weighted by molar-refractivity contribution is 0.312. The fourth-order valence-corrected chi connectivity index (χ4v) is 1.53. The normalized spacial score (nSPS) is 9.50. The number of ether oxygens (including phenoxy) is 2. The average molecular weight is 247 g/mol. The van der Waals surface area contributed by atoms with Crippen molar-refractivity contribution in [3.63, 3.8) is 0 Å². The summed E-state index contributed by atoms with van der Waals surface area (Å²) in [5.41, 5.74) is 6.68. The summed E-state index contributed by atoms with van der Waals surface area (Å²) in [6.45, 7) is 5.59. The Morgan fingerprint density at radius 3 is 2.78 bits per heavy atom. The second-order valence-corrected chi connectivity index (χ2v) is 3.87. The predicted octanol–water partition coefficient (Wildman–Crippen LogP) is 2.38. The van der Waals surface area contributed by atoms with Gasteiger partial charge in [0, 0.05) is 6.07 Å². The number of nitrogens with two attached hydrogens (primary N) is 1. The SMILES string of the molecule is CC#CCOc1cc(OCCC)ccc1CCN. The van der Waals surface area contributed by atoms with Crippen molar-refractivity contribution in [2.45, 2.75) is 26.7 Å². The van der Waals surface area contributed by atoms with Crippen LogP contribution in [0.1, 0.15) is 25.8 Å². The highest BCUT2D eigenvalue weighted by Crippen LogP contribution is 2.25. The maximum absolute atomic E-state index is 5.64. The minimum Gasteiger partial charge on any atom is -0.493 e. The van der Waals surface area contributed by atoms with Crippen LogP contribution in [-0.4, -0.2) is 19.8 Å². The molecule has 0 aliphatic heterocycles. The Balaban J connectivity index is 2.79. The first kappa shape index (κ1) is 14.4. The molecule has 1 aromatic carbocycles. The lowest BCUT2D eigenvalue weighted by Crippen LogP contribution is -2.06. The Labute approximate surface area is 109 Å². The van der Waals surface area contributed by atoms with Crippen LogP contribution < -0.4 is 15.2 Å². The van der Waals surface area contributed by atoms with Crippen LogP contribution in [0.5, 0.6) is 11.5 Å². The molecule has 0 amide bonds. The van der Waals surface area contributed by atoms with Crippen molar-refractivity contribution in [3.8, 4) is 23.3 Å². The van der Waals surface area contributed by atoms with Crippen LogP contribution >= 0.6 is 0 Å². The highest BCUT2D eigenvalue weighted by molar-refractivity contribution is 5.41. The van der Waals surface area contributed by atoms with E-state index in [0.29, 0.717) is 19.8 Å². The molecule has 2 N–H and O–H groups in total. The van der Waals surface area contributed by atoms with E-state index >= 15 is 0 Å². The minimum atomic E-state index is 0.394. The van der Waals surface area contributed by atoms with Crippen molar-refractivity contribution in [2.24, 2.45) is 5.73 Å². The van der Waals surface area contributed by atoms with E-state index in [-0.39, 0.29) is 0 Å². The van der Waals surface area contributed by atoms with Gasteiger partial charge in [-0.1, -0.05) is 18.9 Å². The molecule has 3 nitrogen and oxygen atoms in total. The van der Waals surface area contributed by atoms with E-state index in [9.17, 15) is 0 Å². The quantitative estimate of drug-likeness (QED) is 0.752. The molecule has 0 aliphatic rings. The third-order valence-corrected chi connectivity index (χ3v) is 2.40. The number of rotatable bonds is 7. The fourth-order valence-electron chi connectivity index (χ4n) is 1.53. The van der Waals surface area contributed by atoms with Crippen LogP contribution in [0.4, 0.5) is 0 Å². The molecule has 0 heterocycles. The maximum Gasteiger partial charge on any atom is 0.149 e. The van der Waals surface area contributed by atoms with Gasteiger partial charge in [0.1, 0.15) is 18.1 Å². The molecule has 3 heteroatoms. The molecule has 0 aromatic heterocycles. The molecule has 0 saturated heterocycles. The van der Waals surface area contributed by atoms with Gasteiger partial charge in [-0.3, -0.25) is 0 Å². The highest BCUT2D eigenvalue weighted by Gasteiger charge is 2.05. The van der Waals surface area contributed by atoms with E-state index in [0.717, 1.165) is 29.9 Å². The molecule has 0 unspecified atom stereocenters. The Morgan fingerprint density at radius 1 is 1.28 bits per heavy atom. The summed E-state index contributed by atoms with van der Waals surface area (Å²) >= 11 is 0. The maximum atomic E-state index is 5.64. The van der Waals surface area contributed by atoms with Crippen molar-refractivity contribution < 1.29 is 9.47 Å². The number of hydrogen-bond donors (Lipinski definition) is 1. The van der Waals surface area contributed by atoms with Crippen LogP contribution in [-0.2, 0) is 6.42 Å². The zero-order chi connectivity index (χ0) is 13.2. The Hall–Kier alpha value is -1.66. The van der Waals surface area contributed by atoms with Crippen LogP contribution in [0, 0.1) is 11.8 Å². The van der Waals surface area contributed by atoms with E-state index in [4.69, 9.17) is 15.2 Å². The largest absolute Gasteiger partial charge is 0.493 e. The average Bonchev–Trinajstić information content (AvgIpc) is 2.39. The molecular formula is C15H21NO2. The van der Waals surface area contributed by atoms with Gasteiger partial charge >= 0.3 is 0 Å². The van der Waals surface area contributed by atoms with Gasteiger partial charge in [0.05, 0.1) is 6.61 Å².